The number of aliphatic hydroxyl groups excluding tert-OH is 1. The van der Waals surface area contributed by atoms with Crippen LogP contribution in [0.15, 0.2) is 24.4 Å². The van der Waals surface area contributed by atoms with Crippen molar-refractivity contribution >= 4 is 28.4 Å². The Hall–Kier alpha value is -3.21. The highest BCUT2D eigenvalue weighted by molar-refractivity contribution is 5.97. The summed E-state index contributed by atoms with van der Waals surface area (Å²) in [5, 5.41) is 13.8. The number of rotatable bonds is 7. The number of piperazine rings is 1. The van der Waals surface area contributed by atoms with Gasteiger partial charge in [-0.1, -0.05) is 13.0 Å². The summed E-state index contributed by atoms with van der Waals surface area (Å²) in [5.41, 5.74) is 11.5. The number of benzene rings is 1. The van der Waals surface area contributed by atoms with Crippen LogP contribution in [0.2, 0.25) is 0 Å². The Labute approximate surface area is 249 Å². The molecule has 0 bridgehead atoms. The van der Waals surface area contributed by atoms with Crippen LogP contribution < -0.4 is 20.7 Å². The maximum atomic E-state index is 10.2. The fourth-order valence-corrected chi connectivity index (χ4v) is 6.92. The van der Waals surface area contributed by atoms with Gasteiger partial charge < -0.3 is 30.7 Å². The number of aromatic nitrogens is 3. The summed E-state index contributed by atoms with van der Waals surface area (Å²) in [5.74, 6) is 1.99. The molecule has 0 amide bonds. The monoisotopic (exact) mass is 574 g/mol. The number of nitrogens with zero attached hydrogens (tertiary/aromatic N) is 6. The summed E-state index contributed by atoms with van der Waals surface area (Å²) in [7, 11) is 3.96. The van der Waals surface area contributed by atoms with E-state index in [-0.39, 0.29) is 12.1 Å². The van der Waals surface area contributed by atoms with Crippen molar-refractivity contribution in [2.24, 2.45) is 0 Å². The highest BCUT2D eigenvalue weighted by Gasteiger charge is 2.28. The van der Waals surface area contributed by atoms with Crippen LogP contribution in [-0.2, 0) is 6.42 Å². The number of pyridine rings is 1. The summed E-state index contributed by atoms with van der Waals surface area (Å²) >= 11 is 0. The summed E-state index contributed by atoms with van der Waals surface area (Å²) < 4.78 is 5.95. The molecular formula is C32H46N8O2. The molecule has 4 N–H and O–H groups in total. The molecule has 10 heteroatoms. The van der Waals surface area contributed by atoms with Crippen LogP contribution in [0.3, 0.4) is 0 Å². The van der Waals surface area contributed by atoms with Gasteiger partial charge in [0.2, 0.25) is 0 Å². The molecule has 226 valence electrons. The SMILES string of the molecule is CCc1nc2c(N)ncc(-c3ccc(N4CCC(N5CCN(C)CC5)CC4)c(OC)c3)c2nc1N[C@@H]1CCC[C@H](O)C1. The van der Waals surface area contributed by atoms with Crippen molar-refractivity contribution in [1.82, 2.24) is 24.8 Å². The quantitative estimate of drug-likeness (QED) is 0.385. The molecule has 2 aromatic heterocycles. The largest absolute Gasteiger partial charge is 0.495 e. The van der Waals surface area contributed by atoms with Crippen LogP contribution in [-0.4, -0.2) is 101 Å². The molecule has 4 heterocycles. The number of hydrogen-bond donors (Lipinski definition) is 3. The van der Waals surface area contributed by atoms with Crippen LogP contribution in [0.4, 0.5) is 17.3 Å². The number of aliphatic hydroxyl groups is 1. The standard InChI is InChI=1S/C32H46N8O2/c1-4-26-32(35-22-6-5-7-24(41)19-22)37-29-25(20-34-31(33)30(29)36-26)21-8-9-27(28(18-21)42-3)40-12-10-23(11-13-40)39-16-14-38(2)15-17-39/h8-9,18,20,22-24,41H,4-7,10-17,19H2,1-3H3,(H2,33,34)(H,35,37)/t22-,24+/m1/s1. The maximum Gasteiger partial charge on any atom is 0.151 e. The predicted molar refractivity (Wildman–Crippen MR) is 169 cm³/mol. The summed E-state index contributed by atoms with van der Waals surface area (Å²) in [6, 6.07) is 7.24. The molecule has 2 aliphatic heterocycles. The van der Waals surface area contributed by atoms with Gasteiger partial charge in [-0.15, -0.1) is 0 Å². The van der Waals surface area contributed by atoms with E-state index in [1.54, 1.807) is 13.3 Å². The topological polar surface area (TPSA) is 116 Å². The molecule has 1 saturated carbocycles. The molecule has 0 spiro atoms. The molecule has 3 aliphatic rings. The first-order valence-corrected chi connectivity index (χ1v) is 15.7. The van der Waals surface area contributed by atoms with Crippen molar-refractivity contribution < 1.29 is 9.84 Å². The molecule has 1 aliphatic carbocycles. The van der Waals surface area contributed by atoms with Crippen molar-refractivity contribution in [1.29, 1.82) is 0 Å². The number of aryl methyl sites for hydroxylation is 1. The van der Waals surface area contributed by atoms with Gasteiger partial charge in [0.25, 0.3) is 0 Å². The van der Waals surface area contributed by atoms with E-state index in [2.05, 4.69) is 57.2 Å². The zero-order chi connectivity index (χ0) is 29.2. The van der Waals surface area contributed by atoms with E-state index in [1.807, 2.05) is 0 Å². The molecule has 2 saturated heterocycles. The Bertz CT molecular complexity index is 1380. The van der Waals surface area contributed by atoms with Gasteiger partial charge in [-0.05, 0) is 69.7 Å². The molecule has 1 aromatic carbocycles. The number of hydrogen-bond acceptors (Lipinski definition) is 10. The number of methoxy groups -OCH3 is 1. The van der Waals surface area contributed by atoms with Crippen LogP contribution >= 0.6 is 0 Å². The fraction of sp³-hybridized carbons (Fsp3) is 0.594. The molecule has 6 rings (SSSR count). The molecule has 3 aromatic rings. The van der Waals surface area contributed by atoms with Crippen molar-refractivity contribution in [3.8, 4) is 16.9 Å². The number of nitrogen functional groups attached to an aromatic ring is 1. The van der Waals surface area contributed by atoms with E-state index < -0.39 is 0 Å². The zero-order valence-electron chi connectivity index (χ0n) is 25.3. The van der Waals surface area contributed by atoms with Crippen molar-refractivity contribution in [2.45, 2.75) is 70.1 Å². The van der Waals surface area contributed by atoms with E-state index in [0.717, 1.165) is 97.9 Å². The Balaban J connectivity index is 1.26. The van der Waals surface area contributed by atoms with Gasteiger partial charge in [-0.25, -0.2) is 15.0 Å². The van der Waals surface area contributed by atoms with E-state index in [9.17, 15) is 5.11 Å². The minimum absolute atomic E-state index is 0.174. The van der Waals surface area contributed by atoms with Gasteiger partial charge in [0, 0.05) is 63.1 Å². The number of anilines is 3. The Morgan fingerprint density at radius 3 is 2.52 bits per heavy atom. The first-order chi connectivity index (χ1) is 20.4. The van der Waals surface area contributed by atoms with E-state index >= 15 is 0 Å². The van der Waals surface area contributed by atoms with Gasteiger partial charge in [0.05, 0.1) is 24.6 Å². The van der Waals surface area contributed by atoms with Crippen LogP contribution in [0.5, 0.6) is 5.75 Å². The maximum absolute atomic E-state index is 10.2. The molecule has 2 atom stereocenters. The third-order valence-electron chi connectivity index (χ3n) is 9.47. The van der Waals surface area contributed by atoms with Crippen molar-refractivity contribution in [3.05, 3.63) is 30.1 Å². The Kier molecular flexibility index (Phi) is 8.65. The average molecular weight is 575 g/mol. The minimum atomic E-state index is -0.270. The second-order valence-corrected chi connectivity index (χ2v) is 12.2. The fourth-order valence-electron chi connectivity index (χ4n) is 6.92. The van der Waals surface area contributed by atoms with Crippen molar-refractivity contribution in [3.63, 3.8) is 0 Å². The lowest BCUT2D eigenvalue weighted by Gasteiger charge is -2.42. The van der Waals surface area contributed by atoms with Gasteiger partial charge in [0.1, 0.15) is 22.6 Å². The number of likely N-dealkylation sites (N-methyl/N-ethyl adjacent to an activating group) is 1. The lowest BCUT2D eigenvalue weighted by atomic mass is 9.93. The van der Waals surface area contributed by atoms with Crippen LogP contribution in [0, 0.1) is 0 Å². The molecule has 3 fully saturated rings. The molecule has 10 nitrogen and oxygen atoms in total. The third kappa shape index (κ3) is 5.98. The number of ether oxygens (including phenoxy) is 1. The van der Waals surface area contributed by atoms with Gasteiger partial charge in [-0.2, -0.15) is 0 Å². The zero-order valence-corrected chi connectivity index (χ0v) is 25.3. The van der Waals surface area contributed by atoms with E-state index in [0.29, 0.717) is 17.4 Å². The molecule has 0 radical (unpaired) electrons. The first kappa shape index (κ1) is 28.9. The molecular weight excluding hydrogens is 528 g/mol. The molecule has 42 heavy (non-hydrogen) atoms. The van der Waals surface area contributed by atoms with Crippen molar-refractivity contribution in [2.75, 3.05) is 69.4 Å². The van der Waals surface area contributed by atoms with E-state index in [1.165, 1.54) is 25.9 Å². The summed E-state index contributed by atoms with van der Waals surface area (Å²) in [4.78, 5) is 22.1. The normalized spacial score (nSPS) is 22.9. The summed E-state index contributed by atoms with van der Waals surface area (Å²) in [6.07, 6.45) is 8.18. The average Bonchev–Trinajstić information content (AvgIpc) is 3.01. The van der Waals surface area contributed by atoms with Gasteiger partial charge >= 0.3 is 0 Å². The minimum Gasteiger partial charge on any atom is -0.495 e. The second-order valence-electron chi connectivity index (χ2n) is 12.2. The smallest absolute Gasteiger partial charge is 0.151 e. The lowest BCUT2D eigenvalue weighted by molar-refractivity contribution is 0.0981. The first-order valence-electron chi connectivity index (χ1n) is 15.7. The highest BCUT2D eigenvalue weighted by Crippen LogP contribution is 2.38. The number of nitrogens with two attached hydrogens (primary N) is 1. The van der Waals surface area contributed by atoms with Crippen LogP contribution in [0.25, 0.3) is 22.2 Å². The lowest BCUT2D eigenvalue weighted by Crippen LogP contribution is -2.52. The Morgan fingerprint density at radius 2 is 1.81 bits per heavy atom. The van der Waals surface area contributed by atoms with Gasteiger partial charge in [0.15, 0.2) is 5.82 Å². The Morgan fingerprint density at radius 1 is 1.02 bits per heavy atom. The second kappa shape index (κ2) is 12.6. The molecule has 0 unspecified atom stereocenters. The third-order valence-corrected chi connectivity index (χ3v) is 9.47. The van der Waals surface area contributed by atoms with Gasteiger partial charge in [-0.3, -0.25) is 4.90 Å². The number of piperidine rings is 1. The highest BCUT2D eigenvalue weighted by atomic mass is 16.5. The number of fused-ring (bicyclic) bond motifs is 1. The predicted octanol–water partition coefficient (Wildman–Crippen LogP) is 3.78. The summed E-state index contributed by atoms with van der Waals surface area (Å²) in [6.45, 7) is 8.79. The van der Waals surface area contributed by atoms with Crippen LogP contribution in [0.1, 0.15) is 51.1 Å². The number of nitrogens with one attached hydrogen (secondary N) is 1. The van der Waals surface area contributed by atoms with E-state index in [4.69, 9.17) is 20.4 Å².